The predicted octanol–water partition coefficient (Wildman–Crippen LogP) is 5.98. The SMILES string of the molecule is CCCC1O[C@@H]2CC3[C@@H]4C[C@H](F)C5=CC(=O)C=C[C@]5(F)C4[C@@H](O)C[C@]3(C)[C@]2(C(=O)COC(=O)NCCSSC(C)(C)CC(=O)NCCOCCOCCOCCNC(=O)OC[C@@H]2[C@@H]3CCC#CCC[C@@H]32)O1. The van der Waals surface area contributed by atoms with Gasteiger partial charge in [-0.15, -0.1) is 11.8 Å². The lowest BCUT2D eigenvalue weighted by atomic mass is 9.48. The van der Waals surface area contributed by atoms with E-state index in [1.54, 1.807) is 0 Å². The molecule has 13 atom stereocenters. The highest BCUT2D eigenvalue weighted by atomic mass is 33.1. The third-order valence-corrected chi connectivity index (χ3v) is 18.7. The fourth-order valence-electron chi connectivity index (χ4n) is 12.3. The van der Waals surface area contributed by atoms with Crippen molar-refractivity contribution in [3.63, 3.8) is 0 Å². The number of nitrogens with one attached hydrogen (secondary N) is 3. The third-order valence-electron chi connectivity index (χ3n) is 15.5. The van der Waals surface area contributed by atoms with Gasteiger partial charge in [0.15, 0.2) is 29.9 Å². The second kappa shape index (κ2) is 24.8. The number of halogens is 2. The molecule has 0 bridgehead atoms. The molecule has 0 aromatic rings. The average molecular weight is 1040 g/mol. The lowest BCUT2D eigenvalue weighted by molar-refractivity contribution is -0.204. The summed E-state index contributed by atoms with van der Waals surface area (Å²) < 4.78 is 72.5. The van der Waals surface area contributed by atoms with Crippen molar-refractivity contribution in [3.8, 4) is 11.8 Å². The van der Waals surface area contributed by atoms with Crippen LogP contribution in [0.4, 0.5) is 18.4 Å². The zero-order valence-electron chi connectivity index (χ0n) is 41.5. The van der Waals surface area contributed by atoms with Crippen LogP contribution < -0.4 is 16.0 Å². The largest absolute Gasteiger partial charge is 0.449 e. The Labute approximate surface area is 424 Å². The maximum atomic E-state index is 16.8. The zero-order valence-corrected chi connectivity index (χ0v) is 43.1. The topological polar surface area (TPSA) is 206 Å². The number of carbonyl (C=O) groups excluding carboxylic acids is 5. The normalized spacial score (nSPS) is 34.4. The first-order valence-electron chi connectivity index (χ1n) is 25.4. The number of allylic oxidation sites excluding steroid dienone is 4. The Balaban J connectivity index is 0.717. The molecular formula is C51H73F2N3O13S2. The zero-order chi connectivity index (χ0) is 50.8. The van der Waals surface area contributed by atoms with Crippen LogP contribution in [0.15, 0.2) is 23.8 Å². The van der Waals surface area contributed by atoms with Crippen molar-refractivity contribution in [1.29, 1.82) is 0 Å². The molecule has 0 radical (unpaired) electrons. The molecule has 0 aromatic heterocycles. The number of aliphatic hydroxyl groups is 1. The van der Waals surface area contributed by atoms with Crippen LogP contribution in [0.25, 0.3) is 0 Å². The number of rotatable bonds is 26. The van der Waals surface area contributed by atoms with Crippen LogP contribution >= 0.6 is 21.6 Å². The number of alkyl carbamates (subject to hydrolysis) is 2. The highest BCUT2D eigenvalue weighted by Crippen LogP contribution is 2.69. The molecule has 7 aliphatic rings. The Morgan fingerprint density at radius 1 is 0.915 bits per heavy atom. The van der Waals surface area contributed by atoms with E-state index in [4.69, 9.17) is 33.2 Å². The lowest BCUT2D eigenvalue weighted by Gasteiger charge is -2.58. The van der Waals surface area contributed by atoms with Crippen molar-refractivity contribution in [1.82, 2.24) is 16.0 Å². The third kappa shape index (κ3) is 13.2. The summed E-state index contributed by atoms with van der Waals surface area (Å²) in [6.45, 7) is 10.6. The molecule has 20 heteroatoms. The molecule has 0 aromatic carbocycles. The van der Waals surface area contributed by atoms with E-state index in [0.29, 0.717) is 95.7 Å². The minimum atomic E-state index is -2.35. The van der Waals surface area contributed by atoms with E-state index in [2.05, 4.69) is 27.8 Å². The van der Waals surface area contributed by atoms with Gasteiger partial charge in [-0.25, -0.2) is 18.4 Å². The van der Waals surface area contributed by atoms with E-state index in [0.717, 1.165) is 43.9 Å². The average Bonchev–Trinajstić information content (AvgIpc) is 3.68. The second-order valence-corrected chi connectivity index (χ2v) is 23.7. The molecule has 3 unspecified atom stereocenters. The first kappa shape index (κ1) is 55.5. The molecule has 3 amide bonds. The van der Waals surface area contributed by atoms with Crippen molar-refractivity contribution in [2.24, 2.45) is 40.9 Å². The van der Waals surface area contributed by atoms with Gasteiger partial charge in [-0.2, -0.15) is 0 Å². The highest BCUT2D eigenvalue weighted by molar-refractivity contribution is 8.77. The lowest BCUT2D eigenvalue weighted by Crippen LogP contribution is -2.65. The molecule has 7 rings (SSSR count). The van der Waals surface area contributed by atoms with E-state index >= 15 is 8.78 Å². The molecule has 396 valence electrons. The number of alkyl halides is 2. The van der Waals surface area contributed by atoms with Crippen molar-refractivity contribution in [2.75, 3.05) is 78.2 Å². The summed E-state index contributed by atoms with van der Waals surface area (Å²) in [7, 11) is 2.99. The van der Waals surface area contributed by atoms with Gasteiger partial charge in [0.05, 0.1) is 58.5 Å². The van der Waals surface area contributed by atoms with Crippen LogP contribution in [0.1, 0.15) is 91.9 Å². The number of fused-ring (bicyclic) bond motifs is 8. The summed E-state index contributed by atoms with van der Waals surface area (Å²) in [5.41, 5.74) is -5.34. The molecule has 1 heterocycles. The van der Waals surface area contributed by atoms with E-state index in [-0.39, 0.29) is 43.7 Å². The summed E-state index contributed by atoms with van der Waals surface area (Å²) in [6.07, 6.45) is 3.02. The fraction of sp³-hybridized carbons (Fsp3) is 0.784. The summed E-state index contributed by atoms with van der Waals surface area (Å²) in [6, 6.07) is 0. The summed E-state index contributed by atoms with van der Waals surface area (Å²) in [5, 5.41) is 20.0. The van der Waals surface area contributed by atoms with E-state index < -0.39 is 94.2 Å². The van der Waals surface area contributed by atoms with Gasteiger partial charge in [0, 0.05) is 66.3 Å². The minimum absolute atomic E-state index is 0.0376. The van der Waals surface area contributed by atoms with Crippen LogP contribution in [0.2, 0.25) is 0 Å². The number of ether oxygens (including phenoxy) is 7. The number of hydrogen-bond donors (Lipinski definition) is 4. The molecule has 6 aliphatic carbocycles. The molecule has 1 saturated heterocycles. The van der Waals surface area contributed by atoms with Crippen molar-refractivity contribution < 1.29 is 71.0 Å². The number of amides is 3. The molecule has 16 nitrogen and oxygen atoms in total. The predicted molar refractivity (Wildman–Crippen MR) is 261 cm³/mol. The number of Topliss-reactive ketones (excluding diaryl/α,β-unsaturated/α-hetero) is 1. The first-order chi connectivity index (χ1) is 34.0. The number of hydrogen-bond acceptors (Lipinski definition) is 15. The molecular weight excluding hydrogens is 965 g/mol. The highest BCUT2D eigenvalue weighted by Gasteiger charge is 2.77. The maximum Gasteiger partial charge on any atom is 0.407 e. The number of carbonyl (C=O) groups is 5. The number of ketones is 2. The molecule has 71 heavy (non-hydrogen) atoms. The van der Waals surface area contributed by atoms with Crippen molar-refractivity contribution in [3.05, 3.63) is 23.8 Å². The van der Waals surface area contributed by atoms with Gasteiger partial charge < -0.3 is 54.2 Å². The van der Waals surface area contributed by atoms with E-state index in [1.165, 1.54) is 21.6 Å². The minimum Gasteiger partial charge on any atom is -0.449 e. The molecule has 0 spiro atoms. The Morgan fingerprint density at radius 2 is 1.56 bits per heavy atom. The molecule has 5 fully saturated rings. The van der Waals surface area contributed by atoms with Gasteiger partial charge >= 0.3 is 12.2 Å². The summed E-state index contributed by atoms with van der Waals surface area (Å²) >= 11 is 0. The Bertz CT molecular complexity index is 2020. The van der Waals surface area contributed by atoms with Gasteiger partial charge in [-0.05, 0) is 100 Å². The van der Waals surface area contributed by atoms with Crippen LogP contribution in [0, 0.1) is 52.8 Å². The number of aliphatic hydroxyl groups excluding tert-OH is 1. The molecule has 4 saturated carbocycles. The molecule has 4 N–H and O–H groups in total. The van der Waals surface area contributed by atoms with E-state index in [1.807, 2.05) is 27.7 Å². The quantitative estimate of drug-likeness (QED) is 0.0447. The van der Waals surface area contributed by atoms with Crippen LogP contribution in [-0.2, 0) is 47.5 Å². The Morgan fingerprint density at radius 3 is 2.25 bits per heavy atom. The second-order valence-electron chi connectivity index (χ2n) is 20.6. The summed E-state index contributed by atoms with van der Waals surface area (Å²) in [5.74, 6) is 5.25. The standard InChI is InChI=1S/C51H73F2N3O13S2/c1-5-10-44-68-42-27-37-35-26-39(52)38-25-32(57)13-14-50(38,53)45(35)40(58)28-49(37,4)51(42,69-44)41(59)31-67-47(62)56-17-24-70-71-48(2,3)29-43(60)54-15-18-63-20-22-65-23-21-64-19-16-55-46(61)66-30-36-33-11-8-6-7-9-12-34(33)36/h13-14,25,33-37,39-40,42,44-45,58H,5,8-12,15-24,26-31H2,1-4H3,(H,54,60)(H,55,61)(H,56,62)/t33-,34+,35-,36-,37?,39-,40-,42+,44?,45?,49-,50+,51+/m0/s1. The smallest absolute Gasteiger partial charge is 0.407 e. The van der Waals surface area contributed by atoms with Crippen LogP contribution in [0.3, 0.4) is 0 Å². The molecule has 1 aliphatic heterocycles. The first-order valence-corrected chi connectivity index (χ1v) is 27.7. The van der Waals surface area contributed by atoms with Gasteiger partial charge in [-0.1, -0.05) is 41.9 Å². The Kier molecular flexibility index (Phi) is 19.4. The van der Waals surface area contributed by atoms with Crippen molar-refractivity contribution in [2.45, 2.75) is 133 Å². The monoisotopic (exact) mass is 1040 g/mol. The Hall–Kier alpha value is -3.29. The van der Waals surface area contributed by atoms with Crippen molar-refractivity contribution >= 4 is 51.2 Å². The van der Waals surface area contributed by atoms with Crippen LogP contribution in [-0.4, -0.2) is 154 Å². The van der Waals surface area contributed by atoms with Gasteiger partial charge in [0.25, 0.3) is 0 Å². The fourth-order valence-corrected chi connectivity index (χ4v) is 14.7. The van der Waals surface area contributed by atoms with Gasteiger partial charge in [-0.3, -0.25) is 14.4 Å². The van der Waals surface area contributed by atoms with Crippen LogP contribution in [0.5, 0.6) is 0 Å². The van der Waals surface area contributed by atoms with Gasteiger partial charge in [0.1, 0.15) is 6.17 Å². The maximum absolute atomic E-state index is 16.8. The van der Waals surface area contributed by atoms with Gasteiger partial charge in [0.2, 0.25) is 11.7 Å². The van der Waals surface area contributed by atoms with E-state index in [9.17, 15) is 29.1 Å². The summed E-state index contributed by atoms with van der Waals surface area (Å²) in [4.78, 5) is 64.0.